The van der Waals surface area contributed by atoms with E-state index in [4.69, 9.17) is 4.74 Å². The molecule has 0 aliphatic heterocycles. The summed E-state index contributed by atoms with van der Waals surface area (Å²) in [6.45, 7) is 5.48. The summed E-state index contributed by atoms with van der Waals surface area (Å²) in [7, 11) is -3.67. The Kier molecular flexibility index (Phi) is 7.37. The third-order valence-corrected chi connectivity index (χ3v) is 5.62. The minimum absolute atomic E-state index is 0.0733. The molecule has 0 bridgehead atoms. The van der Waals surface area contributed by atoms with Crippen molar-refractivity contribution in [1.82, 2.24) is 20.2 Å². The predicted molar refractivity (Wildman–Crippen MR) is 102 cm³/mol. The first-order valence-electron chi connectivity index (χ1n) is 8.83. The van der Waals surface area contributed by atoms with Gasteiger partial charge >= 0.3 is 0 Å². The molecule has 2 rings (SSSR count). The van der Waals surface area contributed by atoms with Crippen LogP contribution >= 0.6 is 0 Å². The monoisotopic (exact) mass is 394 g/mol. The van der Waals surface area contributed by atoms with Gasteiger partial charge in [0.15, 0.2) is 6.61 Å². The summed E-state index contributed by atoms with van der Waals surface area (Å²) >= 11 is 0. The lowest BCUT2D eigenvalue weighted by atomic mass is 10.1. The first kappa shape index (κ1) is 20.9. The molecule has 0 aliphatic rings. The lowest BCUT2D eigenvalue weighted by molar-refractivity contribution is -0.123. The highest BCUT2D eigenvalue weighted by molar-refractivity contribution is 7.89. The van der Waals surface area contributed by atoms with Gasteiger partial charge in [0.1, 0.15) is 10.6 Å². The number of aryl methyl sites for hydroxylation is 3. The highest BCUT2D eigenvalue weighted by atomic mass is 32.2. The molecule has 1 aromatic heterocycles. The lowest BCUT2D eigenvalue weighted by Crippen LogP contribution is -2.37. The summed E-state index contributed by atoms with van der Waals surface area (Å²) in [5, 5.41) is 9.13. The Morgan fingerprint density at radius 2 is 1.89 bits per heavy atom. The molecular formula is C18H26N4O4S. The van der Waals surface area contributed by atoms with E-state index in [1.165, 1.54) is 5.56 Å². The zero-order valence-corrected chi connectivity index (χ0v) is 16.6. The molecule has 1 amide bonds. The van der Waals surface area contributed by atoms with E-state index in [1.807, 2.05) is 24.3 Å². The van der Waals surface area contributed by atoms with Gasteiger partial charge in [0.25, 0.3) is 5.91 Å². The van der Waals surface area contributed by atoms with E-state index >= 15 is 0 Å². The summed E-state index contributed by atoms with van der Waals surface area (Å²) in [6, 6.07) is 7.63. The minimum Gasteiger partial charge on any atom is -0.484 e. The maximum Gasteiger partial charge on any atom is 0.257 e. The van der Waals surface area contributed by atoms with Crippen LogP contribution in [0.2, 0.25) is 0 Å². The Balaban J connectivity index is 1.71. The second-order valence-electron chi connectivity index (χ2n) is 6.19. The molecule has 27 heavy (non-hydrogen) atoms. The van der Waals surface area contributed by atoms with E-state index in [-0.39, 0.29) is 30.5 Å². The van der Waals surface area contributed by atoms with Gasteiger partial charge < -0.3 is 10.1 Å². The van der Waals surface area contributed by atoms with Crippen molar-refractivity contribution in [2.75, 3.05) is 19.7 Å². The number of rotatable bonds is 10. The fourth-order valence-corrected chi connectivity index (χ4v) is 4.04. The van der Waals surface area contributed by atoms with Crippen molar-refractivity contribution in [2.45, 2.75) is 38.5 Å². The van der Waals surface area contributed by atoms with Gasteiger partial charge in [-0.2, -0.15) is 5.10 Å². The van der Waals surface area contributed by atoms with Gasteiger partial charge in [0.2, 0.25) is 10.0 Å². The van der Waals surface area contributed by atoms with E-state index in [0.717, 1.165) is 12.8 Å². The molecule has 1 heterocycles. The SMILES string of the molecule is CCCc1ccc(OCC(=O)NCCNS(=O)(=O)c2c(C)n[nH]c2C)cc1. The molecule has 148 valence electrons. The molecular weight excluding hydrogens is 368 g/mol. The predicted octanol–water partition coefficient (Wildman–Crippen LogP) is 1.45. The number of hydrogen-bond donors (Lipinski definition) is 3. The van der Waals surface area contributed by atoms with Crippen molar-refractivity contribution in [3.63, 3.8) is 0 Å². The van der Waals surface area contributed by atoms with Crippen LogP contribution in [0, 0.1) is 13.8 Å². The zero-order chi connectivity index (χ0) is 19.9. The Hall–Kier alpha value is -2.39. The number of H-pyrrole nitrogens is 1. The molecule has 1 aromatic carbocycles. The average Bonchev–Trinajstić information content (AvgIpc) is 2.97. The standard InChI is InChI=1S/C18H26N4O4S/c1-4-5-15-6-8-16(9-7-15)26-12-17(23)19-10-11-20-27(24,25)18-13(2)21-22-14(18)3/h6-9,20H,4-5,10-12H2,1-3H3,(H,19,23)(H,21,22). The smallest absolute Gasteiger partial charge is 0.257 e. The summed E-state index contributed by atoms with van der Waals surface area (Å²) in [6.07, 6.45) is 2.08. The number of benzene rings is 1. The summed E-state index contributed by atoms with van der Waals surface area (Å²) < 4.78 is 32.4. The van der Waals surface area contributed by atoms with Crippen molar-refractivity contribution in [2.24, 2.45) is 0 Å². The van der Waals surface area contributed by atoms with Crippen LogP contribution in [0.4, 0.5) is 0 Å². The number of carbonyl (C=O) groups excluding carboxylic acids is 1. The van der Waals surface area contributed by atoms with E-state index < -0.39 is 10.0 Å². The van der Waals surface area contributed by atoms with Gasteiger partial charge in [-0.05, 0) is 38.0 Å². The lowest BCUT2D eigenvalue weighted by Gasteiger charge is -2.09. The molecule has 0 fully saturated rings. The van der Waals surface area contributed by atoms with E-state index in [9.17, 15) is 13.2 Å². The number of aromatic amines is 1. The largest absolute Gasteiger partial charge is 0.484 e. The fourth-order valence-electron chi connectivity index (χ4n) is 2.64. The Labute approximate surface area is 159 Å². The van der Waals surface area contributed by atoms with Crippen LogP contribution in [-0.2, 0) is 21.2 Å². The second kappa shape index (κ2) is 9.52. The van der Waals surface area contributed by atoms with Crippen LogP contribution in [0.15, 0.2) is 29.2 Å². The third kappa shape index (κ3) is 6.07. The van der Waals surface area contributed by atoms with E-state index in [1.54, 1.807) is 13.8 Å². The minimum atomic E-state index is -3.67. The molecule has 0 unspecified atom stereocenters. The number of sulfonamides is 1. The maximum atomic E-state index is 12.3. The molecule has 8 nitrogen and oxygen atoms in total. The van der Waals surface area contributed by atoms with Gasteiger partial charge in [-0.15, -0.1) is 0 Å². The van der Waals surface area contributed by atoms with Crippen LogP contribution in [0.1, 0.15) is 30.3 Å². The quantitative estimate of drug-likeness (QED) is 0.528. The number of aromatic nitrogens is 2. The topological polar surface area (TPSA) is 113 Å². The van der Waals surface area contributed by atoms with Gasteiger partial charge in [-0.1, -0.05) is 25.5 Å². The summed E-state index contributed by atoms with van der Waals surface area (Å²) in [4.78, 5) is 12.0. The third-order valence-electron chi connectivity index (χ3n) is 3.90. The van der Waals surface area contributed by atoms with Crippen molar-refractivity contribution >= 4 is 15.9 Å². The fraction of sp³-hybridized carbons (Fsp3) is 0.444. The first-order valence-corrected chi connectivity index (χ1v) is 10.3. The Morgan fingerprint density at radius 1 is 1.19 bits per heavy atom. The molecule has 0 atom stereocenters. The number of nitrogens with zero attached hydrogens (tertiary/aromatic N) is 1. The zero-order valence-electron chi connectivity index (χ0n) is 15.8. The number of hydrogen-bond acceptors (Lipinski definition) is 5. The highest BCUT2D eigenvalue weighted by Gasteiger charge is 2.21. The molecule has 9 heteroatoms. The van der Waals surface area contributed by atoms with Crippen LogP contribution in [-0.4, -0.2) is 44.2 Å². The molecule has 0 aliphatic carbocycles. The molecule has 0 spiro atoms. The molecule has 0 saturated heterocycles. The number of nitrogens with one attached hydrogen (secondary N) is 3. The van der Waals surface area contributed by atoms with Gasteiger partial charge in [0, 0.05) is 13.1 Å². The Morgan fingerprint density at radius 3 is 2.48 bits per heavy atom. The van der Waals surface area contributed by atoms with Crippen molar-refractivity contribution in [3.05, 3.63) is 41.2 Å². The summed E-state index contributed by atoms with van der Waals surface area (Å²) in [5.41, 5.74) is 2.11. The number of carbonyl (C=O) groups is 1. The van der Waals surface area contributed by atoms with Gasteiger partial charge in [0.05, 0.1) is 11.4 Å². The Bertz CT molecular complexity index is 840. The molecule has 3 N–H and O–H groups in total. The van der Waals surface area contributed by atoms with Crippen molar-refractivity contribution in [3.8, 4) is 5.75 Å². The van der Waals surface area contributed by atoms with Crippen molar-refractivity contribution in [1.29, 1.82) is 0 Å². The van der Waals surface area contributed by atoms with Crippen molar-refractivity contribution < 1.29 is 17.9 Å². The summed E-state index contributed by atoms with van der Waals surface area (Å²) in [5.74, 6) is 0.305. The van der Waals surface area contributed by atoms with Crippen LogP contribution in [0.5, 0.6) is 5.75 Å². The van der Waals surface area contributed by atoms with Gasteiger partial charge in [-0.25, -0.2) is 13.1 Å². The highest BCUT2D eigenvalue weighted by Crippen LogP contribution is 2.16. The molecule has 2 aromatic rings. The normalized spacial score (nSPS) is 11.4. The van der Waals surface area contributed by atoms with Gasteiger partial charge in [-0.3, -0.25) is 9.89 Å². The van der Waals surface area contributed by atoms with Crippen LogP contribution in [0.25, 0.3) is 0 Å². The van der Waals surface area contributed by atoms with Crippen LogP contribution in [0.3, 0.4) is 0 Å². The second-order valence-corrected chi connectivity index (χ2v) is 7.90. The van der Waals surface area contributed by atoms with E-state index in [2.05, 4.69) is 27.2 Å². The molecule has 0 saturated carbocycles. The number of amides is 1. The number of ether oxygens (including phenoxy) is 1. The van der Waals surface area contributed by atoms with E-state index in [0.29, 0.717) is 17.1 Å². The van der Waals surface area contributed by atoms with Crippen LogP contribution < -0.4 is 14.8 Å². The maximum absolute atomic E-state index is 12.3. The molecule has 0 radical (unpaired) electrons. The average molecular weight is 394 g/mol. The first-order chi connectivity index (χ1) is 12.8.